The van der Waals surface area contributed by atoms with Crippen LogP contribution in [0.3, 0.4) is 0 Å². The molecule has 1 aromatic heterocycles. The van der Waals surface area contributed by atoms with Gasteiger partial charge in [0.25, 0.3) is 5.56 Å². The molecule has 0 bridgehead atoms. The number of hydrogen-bond acceptors (Lipinski definition) is 5. The van der Waals surface area contributed by atoms with E-state index in [4.69, 9.17) is 11.6 Å². The monoisotopic (exact) mass is 417 g/mol. The van der Waals surface area contributed by atoms with Crippen LogP contribution in [0.4, 0.5) is 5.69 Å². The number of rotatable bonds is 7. The Balaban J connectivity index is 1.39. The van der Waals surface area contributed by atoms with Gasteiger partial charge in [0.15, 0.2) is 0 Å². The summed E-state index contributed by atoms with van der Waals surface area (Å²) >= 11 is 6.26. The summed E-state index contributed by atoms with van der Waals surface area (Å²) in [7, 11) is 0. The lowest BCUT2D eigenvalue weighted by Crippen LogP contribution is -2.46. The van der Waals surface area contributed by atoms with Crippen molar-refractivity contribution in [2.45, 2.75) is 39.3 Å². The Bertz CT molecular complexity index is 839. The summed E-state index contributed by atoms with van der Waals surface area (Å²) in [5.74, 6) is 0. The van der Waals surface area contributed by atoms with Crippen LogP contribution in [-0.4, -0.2) is 58.8 Å². The average molecular weight is 418 g/mol. The molecule has 0 unspecified atom stereocenters. The molecule has 29 heavy (non-hydrogen) atoms. The highest BCUT2D eigenvalue weighted by atomic mass is 35.5. The molecule has 7 heteroatoms. The zero-order valence-electron chi connectivity index (χ0n) is 17.7. The van der Waals surface area contributed by atoms with E-state index in [1.807, 2.05) is 20.8 Å². The zero-order chi connectivity index (χ0) is 20.9. The van der Waals surface area contributed by atoms with Gasteiger partial charge in [0.05, 0.1) is 17.4 Å². The second-order valence-electron chi connectivity index (χ2n) is 8.64. The smallest absolute Gasteiger partial charge is 0.288 e. The number of nitrogens with zero attached hydrogens (tertiary/aromatic N) is 4. The van der Waals surface area contributed by atoms with Crippen molar-refractivity contribution in [3.63, 3.8) is 0 Å². The van der Waals surface area contributed by atoms with Crippen molar-refractivity contribution in [3.05, 3.63) is 57.5 Å². The fraction of sp³-hybridized carbons (Fsp3) is 0.545. The molecule has 1 N–H and O–H groups in total. The van der Waals surface area contributed by atoms with E-state index in [2.05, 4.69) is 50.5 Å². The summed E-state index contributed by atoms with van der Waals surface area (Å²) in [5.41, 5.74) is 1.36. The van der Waals surface area contributed by atoms with Crippen LogP contribution in [0.1, 0.15) is 32.8 Å². The first-order chi connectivity index (χ1) is 13.8. The molecule has 2 heterocycles. The standard InChI is InChI=1S/C22H32ClN5O/c1-22(2,3)28-21(29)20(23)19(16-25-28)24-10-7-11-26-12-14-27(15-13-26)17-18-8-5-4-6-9-18/h4-6,8-9,16,24H,7,10-15,17H2,1-3H3. The van der Waals surface area contributed by atoms with Gasteiger partial charge in [-0.15, -0.1) is 0 Å². The summed E-state index contributed by atoms with van der Waals surface area (Å²) in [6, 6.07) is 10.7. The van der Waals surface area contributed by atoms with Crippen LogP contribution in [0, 0.1) is 0 Å². The molecule has 3 rings (SSSR count). The maximum absolute atomic E-state index is 12.4. The van der Waals surface area contributed by atoms with Crippen LogP contribution in [-0.2, 0) is 12.1 Å². The number of piperazine rings is 1. The zero-order valence-corrected chi connectivity index (χ0v) is 18.5. The largest absolute Gasteiger partial charge is 0.382 e. The number of hydrogen-bond donors (Lipinski definition) is 1. The Morgan fingerprint density at radius 2 is 1.72 bits per heavy atom. The van der Waals surface area contributed by atoms with E-state index in [-0.39, 0.29) is 16.1 Å². The lowest BCUT2D eigenvalue weighted by molar-refractivity contribution is 0.127. The molecule has 1 aromatic carbocycles. The Morgan fingerprint density at radius 1 is 1.07 bits per heavy atom. The van der Waals surface area contributed by atoms with Gasteiger partial charge in [-0.2, -0.15) is 5.10 Å². The van der Waals surface area contributed by atoms with Crippen molar-refractivity contribution < 1.29 is 0 Å². The van der Waals surface area contributed by atoms with E-state index in [0.29, 0.717) is 5.69 Å². The van der Waals surface area contributed by atoms with E-state index < -0.39 is 0 Å². The lowest BCUT2D eigenvalue weighted by atomic mass is 10.1. The van der Waals surface area contributed by atoms with Crippen LogP contribution in [0.5, 0.6) is 0 Å². The van der Waals surface area contributed by atoms with E-state index in [9.17, 15) is 4.79 Å². The van der Waals surface area contributed by atoms with Gasteiger partial charge >= 0.3 is 0 Å². The summed E-state index contributed by atoms with van der Waals surface area (Å²) in [6.45, 7) is 13.0. The van der Waals surface area contributed by atoms with Crippen LogP contribution >= 0.6 is 11.6 Å². The van der Waals surface area contributed by atoms with E-state index in [1.165, 1.54) is 10.2 Å². The van der Waals surface area contributed by atoms with Crippen molar-refractivity contribution in [2.24, 2.45) is 0 Å². The second-order valence-corrected chi connectivity index (χ2v) is 9.02. The van der Waals surface area contributed by atoms with Gasteiger partial charge in [-0.05, 0) is 39.3 Å². The third-order valence-corrected chi connectivity index (χ3v) is 5.60. The molecular formula is C22H32ClN5O. The topological polar surface area (TPSA) is 53.4 Å². The molecule has 0 amide bonds. The van der Waals surface area contributed by atoms with Gasteiger partial charge in [0.1, 0.15) is 5.02 Å². The Labute approximate surface area is 178 Å². The van der Waals surface area contributed by atoms with Crippen molar-refractivity contribution >= 4 is 17.3 Å². The minimum Gasteiger partial charge on any atom is -0.382 e. The van der Waals surface area contributed by atoms with Crippen LogP contribution in [0.15, 0.2) is 41.3 Å². The molecule has 0 spiro atoms. The van der Waals surface area contributed by atoms with Gasteiger partial charge in [-0.25, -0.2) is 4.68 Å². The maximum Gasteiger partial charge on any atom is 0.288 e. The van der Waals surface area contributed by atoms with Crippen molar-refractivity contribution in [2.75, 3.05) is 44.6 Å². The Morgan fingerprint density at radius 3 is 2.38 bits per heavy atom. The van der Waals surface area contributed by atoms with Gasteiger partial charge in [0, 0.05) is 39.3 Å². The molecule has 1 aliphatic rings. The predicted molar refractivity (Wildman–Crippen MR) is 120 cm³/mol. The quantitative estimate of drug-likeness (QED) is 0.700. The highest BCUT2D eigenvalue weighted by molar-refractivity contribution is 6.32. The third-order valence-electron chi connectivity index (χ3n) is 5.23. The fourth-order valence-electron chi connectivity index (χ4n) is 3.57. The van der Waals surface area contributed by atoms with Gasteiger partial charge in [-0.1, -0.05) is 41.9 Å². The van der Waals surface area contributed by atoms with Crippen molar-refractivity contribution in [3.8, 4) is 0 Å². The van der Waals surface area contributed by atoms with Gasteiger partial charge < -0.3 is 10.2 Å². The molecule has 0 atom stereocenters. The average Bonchev–Trinajstić information content (AvgIpc) is 2.69. The molecule has 1 aliphatic heterocycles. The molecule has 0 radical (unpaired) electrons. The molecule has 158 valence electrons. The van der Waals surface area contributed by atoms with Gasteiger partial charge in [0.2, 0.25) is 0 Å². The van der Waals surface area contributed by atoms with Crippen LogP contribution in [0.2, 0.25) is 5.02 Å². The number of halogens is 1. The number of benzene rings is 1. The number of nitrogens with one attached hydrogen (secondary N) is 1. The second kappa shape index (κ2) is 9.74. The summed E-state index contributed by atoms with van der Waals surface area (Å²) in [6.07, 6.45) is 2.65. The first-order valence-corrected chi connectivity index (χ1v) is 10.7. The van der Waals surface area contributed by atoms with E-state index in [0.717, 1.165) is 52.2 Å². The molecule has 0 aliphatic carbocycles. The molecule has 6 nitrogen and oxygen atoms in total. The minimum atomic E-state index is -0.387. The molecule has 1 saturated heterocycles. The fourth-order valence-corrected chi connectivity index (χ4v) is 3.77. The number of anilines is 1. The lowest BCUT2D eigenvalue weighted by Gasteiger charge is -2.34. The number of aromatic nitrogens is 2. The Kier molecular flexibility index (Phi) is 7.33. The van der Waals surface area contributed by atoms with Crippen molar-refractivity contribution in [1.29, 1.82) is 0 Å². The van der Waals surface area contributed by atoms with Crippen molar-refractivity contribution in [1.82, 2.24) is 19.6 Å². The first-order valence-electron chi connectivity index (χ1n) is 10.4. The summed E-state index contributed by atoms with van der Waals surface area (Å²) in [5, 5.41) is 7.74. The Hall–Kier alpha value is -1.89. The maximum atomic E-state index is 12.4. The summed E-state index contributed by atoms with van der Waals surface area (Å²) in [4.78, 5) is 17.4. The minimum absolute atomic E-state index is 0.212. The van der Waals surface area contributed by atoms with Crippen LogP contribution in [0.25, 0.3) is 0 Å². The SMILES string of the molecule is CC(C)(C)n1ncc(NCCCN2CCN(Cc3ccccc3)CC2)c(Cl)c1=O. The molecule has 2 aromatic rings. The molecular weight excluding hydrogens is 386 g/mol. The van der Waals surface area contributed by atoms with E-state index in [1.54, 1.807) is 6.20 Å². The van der Waals surface area contributed by atoms with Gasteiger partial charge in [-0.3, -0.25) is 9.69 Å². The normalized spacial score (nSPS) is 16.1. The first kappa shape index (κ1) is 21.8. The highest BCUT2D eigenvalue weighted by Crippen LogP contribution is 2.18. The molecule has 1 fully saturated rings. The third kappa shape index (κ3) is 6.04. The summed E-state index contributed by atoms with van der Waals surface area (Å²) < 4.78 is 1.43. The molecule has 0 saturated carbocycles. The predicted octanol–water partition coefficient (Wildman–Crippen LogP) is 3.27. The van der Waals surface area contributed by atoms with E-state index >= 15 is 0 Å². The highest BCUT2D eigenvalue weighted by Gasteiger charge is 2.19. The van der Waals surface area contributed by atoms with Crippen LogP contribution < -0.4 is 10.9 Å².